The van der Waals surface area contributed by atoms with E-state index in [1.165, 1.54) is 0 Å². The lowest BCUT2D eigenvalue weighted by molar-refractivity contribution is 0.456. The second kappa shape index (κ2) is 5.12. The van der Waals surface area contributed by atoms with Gasteiger partial charge in [-0.2, -0.15) is 4.21 Å². The fourth-order valence-corrected chi connectivity index (χ4v) is 1.97. The molecule has 0 aliphatic carbocycles. The monoisotopic (exact) mass is 248 g/mol. The minimum Gasteiger partial charge on any atom is -0.380 e. The van der Waals surface area contributed by atoms with Crippen molar-refractivity contribution in [3.8, 4) is 16.9 Å². The average molecular weight is 248 g/mol. The van der Waals surface area contributed by atoms with Gasteiger partial charge in [-0.3, -0.25) is 4.55 Å². The van der Waals surface area contributed by atoms with Crippen LogP contribution in [0.2, 0.25) is 0 Å². The Hall–Kier alpha value is -1.65. The molecule has 0 radical (unpaired) electrons. The molecule has 0 aliphatic heterocycles. The second-order valence-corrected chi connectivity index (χ2v) is 4.25. The van der Waals surface area contributed by atoms with Crippen LogP contribution in [0.15, 0.2) is 48.5 Å². The molecule has 17 heavy (non-hydrogen) atoms. The summed E-state index contributed by atoms with van der Waals surface area (Å²) >= 11 is -2.28. The summed E-state index contributed by atoms with van der Waals surface area (Å²) in [6.45, 7) is 1.84. The molecule has 4 heteroatoms. The predicted octanol–water partition coefficient (Wildman–Crippen LogP) is 3.18. The molecule has 0 spiro atoms. The van der Waals surface area contributed by atoms with Crippen molar-refractivity contribution in [1.29, 1.82) is 0 Å². The van der Waals surface area contributed by atoms with Gasteiger partial charge in [-0.05, 0) is 35.7 Å². The highest BCUT2D eigenvalue weighted by Crippen LogP contribution is 2.26. The lowest BCUT2D eigenvalue weighted by Gasteiger charge is -2.07. The molecule has 0 saturated carbocycles. The molecule has 0 aliphatic rings. The van der Waals surface area contributed by atoms with Crippen LogP contribution < -0.4 is 4.18 Å². The molecule has 88 valence electrons. The van der Waals surface area contributed by atoms with Gasteiger partial charge in [0.1, 0.15) is 5.75 Å². The predicted molar refractivity (Wildman–Crippen MR) is 68.0 cm³/mol. The van der Waals surface area contributed by atoms with E-state index >= 15 is 0 Å². The molecule has 2 aromatic carbocycles. The highest BCUT2D eigenvalue weighted by molar-refractivity contribution is 7.74. The zero-order valence-electron chi connectivity index (χ0n) is 9.29. The summed E-state index contributed by atoms with van der Waals surface area (Å²) in [6.07, 6.45) is 0. The van der Waals surface area contributed by atoms with E-state index in [0.717, 1.165) is 16.7 Å². The number of rotatable bonds is 3. The summed E-state index contributed by atoms with van der Waals surface area (Å²) in [5.74, 6) is 0.422. The molecule has 0 fully saturated rings. The van der Waals surface area contributed by atoms with Gasteiger partial charge in [0.25, 0.3) is 0 Å². The third-order valence-corrected chi connectivity index (χ3v) is 2.77. The Morgan fingerprint density at radius 2 is 1.76 bits per heavy atom. The van der Waals surface area contributed by atoms with Crippen LogP contribution in [0, 0.1) is 6.92 Å². The Morgan fingerprint density at radius 3 is 2.35 bits per heavy atom. The Kier molecular flexibility index (Phi) is 3.56. The zero-order valence-corrected chi connectivity index (χ0v) is 10.1. The van der Waals surface area contributed by atoms with Gasteiger partial charge in [-0.15, -0.1) is 0 Å². The van der Waals surface area contributed by atoms with E-state index in [2.05, 4.69) is 0 Å². The van der Waals surface area contributed by atoms with Gasteiger partial charge in [0.05, 0.1) is 0 Å². The number of benzene rings is 2. The van der Waals surface area contributed by atoms with Crippen molar-refractivity contribution >= 4 is 11.4 Å². The summed E-state index contributed by atoms with van der Waals surface area (Å²) < 4.78 is 24.0. The fourth-order valence-electron chi connectivity index (χ4n) is 1.63. The van der Waals surface area contributed by atoms with Gasteiger partial charge in [-0.25, -0.2) is 0 Å². The molecule has 0 heterocycles. The van der Waals surface area contributed by atoms with E-state index < -0.39 is 11.4 Å². The summed E-state index contributed by atoms with van der Waals surface area (Å²) in [5.41, 5.74) is 2.99. The van der Waals surface area contributed by atoms with E-state index in [9.17, 15) is 4.21 Å². The average Bonchev–Trinajstić information content (AvgIpc) is 2.32. The minimum atomic E-state index is -2.28. The molecular weight excluding hydrogens is 236 g/mol. The SMILES string of the molecule is Cc1cc(-c2ccccc2)ccc1OS(=O)O. The van der Waals surface area contributed by atoms with Crippen LogP contribution in [-0.2, 0) is 11.4 Å². The van der Waals surface area contributed by atoms with Gasteiger partial charge >= 0.3 is 11.4 Å². The molecule has 1 atom stereocenters. The first-order valence-electron chi connectivity index (χ1n) is 5.12. The van der Waals surface area contributed by atoms with E-state index in [1.807, 2.05) is 49.4 Å². The van der Waals surface area contributed by atoms with E-state index in [1.54, 1.807) is 6.07 Å². The van der Waals surface area contributed by atoms with Crippen LogP contribution >= 0.6 is 0 Å². The topological polar surface area (TPSA) is 46.5 Å². The standard InChI is InChI=1S/C13H12O3S/c1-10-9-12(11-5-3-2-4-6-11)7-8-13(10)16-17(14)15/h2-9H,1H3,(H,14,15). The molecule has 1 N–H and O–H groups in total. The van der Waals surface area contributed by atoms with Crippen LogP contribution in [0.1, 0.15) is 5.56 Å². The zero-order chi connectivity index (χ0) is 12.3. The first kappa shape index (κ1) is 11.8. The van der Waals surface area contributed by atoms with Gasteiger partial charge in [-0.1, -0.05) is 36.4 Å². The largest absolute Gasteiger partial charge is 0.380 e. The van der Waals surface area contributed by atoms with Gasteiger partial charge in [0.15, 0.2) is 0 Å². The van der Waals surface area contributed by atoms with Crippen molar-refractivity contribution in [1.82, 2.24) is 0 Å². The smallest absolute Gasteiger partial charge is 0.357 e. The Labute approximate surface area is 103 Å². The molecule has 0 bridgehead atoms. The third-order valence-electron chi connectivity index (χ3n) is 2.44. The van der Waals surface area contributed by atoms with Crippen LogP contribution in [0.4, 0.5) is 0 Å². The summed E-state index contributed by atoms with van der Waals surface area (Å²) in [6, 6.07) is 15.4. The maximum Gasteiger partial charge on any atom is 0.357 e. The van der Waals surface area contributed by atoms with Crippen molar-refractivity contribution in [2.75, 3.05) is 0 Å². The molecule has 2 rings (SSSR count). The second-order valence-electron chi connectivity index (χ2n) is 3.65. The third kappa shape index (κ3) is 2.93. The molecule has 1 unspecified atom stereocenters. The quantitative estimate of drug-likeness (QED) is 0.848. The minimum absolute atomic E-state index is 0.422. The Balaban J connectivity index is 2.34. The highest BCUT2D eigenvalue weighted by Gasteiger charge is 2.05. The molecule has 0 amide bonds. The first-order valence-corrected chi connectivity index (χ1v) is 6.15. The lowest BCUT2D eigenvalue weighted by Crippen LogP contribution is -1.99. The highest BCUT2D eigenvalue weighted by atomic mass is 32.2. The molecule has 0 aromatic heterocycles. The number of hydrogen-bond acceptors (Lipinski definition) is 2. The number of hydrogen-bond donors (Lipinski definition) is 1. The first-order chi connectivity index (χ1) is 8.16. The van der Waals surface area contributed by atoms with Crippen LogP contribution in [-0.4, -0.2) is 8.76 Å². The van der Waals surface area contributed by atoms with Gasteiger partial charge in [0, 0.05) is 0 Å². The van der Waals surface area contributed by atoms with Crippen molar-refractivity contribution in [3.63, 3.8) is 0 Å². The molecule has 0 saturated heterocycles. The maximum absolute atomic E-state index is 10.6. The lowest BCUT2D eigenvalue weighted by atomic mass is 10.0. The molecule has 2 aromatic rings. The normalized spacial score (nSPS) is 12.1. The van der Waals surface area contributed by atoms with Crippen LogP contribution in [0.25, 0.3) is 11.1 Å². The Bertz CT molecular complexity index is 538. The molecular formula is C13H12O3S. The number of aryl methyl sites for hydroxylation is 1. The summed E-state index contributed by atoms with van der Waals surface area (Å²) in [4.78, 5) is 0. The summed E-state index contributed by atoms with van der Waals surface area (Å²) in [7, 11) is 0. The van der Waals surface area contributed by atoms with Crippen molar-refractivity contribution < 1.29 is 12.9 Å². The summed E-state index contributed by atoms with van der Waals surface area (Å²) in [5, 5.41) is 0. The molecule has 3 nitrogen and oxygen atoms in total. The van der Waals surface area contributed by atoms with E-state index in [0.29, 0.717) is 5.75 Å². The van der Waals surface area contributed by atoms with Crippen molar-refractivity contribution in [2.45, 2.75) is 6.92 Å². The van der Waals surface area contributed by atoms with E-state index in [4.69, 9.17) is 8.74 Å². The van der Waals surface area contributed by atoms with E-state index in [-0.39, 0.29) is 0 Å². The van der Waals surface area contributed by atoms with Crippen molar-refractivity contribution in [2.24, 2.45) is 0 Å². The fraction of sp³-hybridized carbons (Fsp3) is 0.0769. The Morgan fingerprint density at radius 1 is 1.06 bits per heavy atom. The maximum atomic E-state index is 10.6. The van der Waals surface area contributed by atoms with Crippen molar-refractivity contribution in [3.05, 3.63) is 54.1 Å². The van der Waals surface area contributed by atoms with Gasteiger partial charge in [0.2, 0.25) is 0 Å². The van der Waals surface area contributed by atoms with Crippen LogP contribution in [0.3, 0.4) is 0 Å². The van der Waals surface area contributed by atoms with Crippen LogP contribution in [0.5, 0.6) is 5.75 Å². The van der Waals surface area contributed by atoms with Gasteiger partial charge < -0.3 is 4.18 Å².